The van der Waals surface area contributed by atoms with Gasteiger partial charge >= 0.3 is 0 Å². The molecule has 1 atom stereocenters. The van der Waals surface area contributed by atoms with Gasteiger partial charge in [0, 0.05) is 25.3 Å². The van der Waals surface area contributed by atoms with Crippen LogP contribution < -0.4 is 19.5 Å². The van der Waals surface area contributed by atoms with Crippen molar-refractivity contribution in [2.24, 2.45) is 0 Å². The maximum atomic E-state index is 12.0. The molecule has 29 heavy (non-hydrogen) atoms. The van der Waals surface area contributed by atoms with E-state index in [4.69, 9.17) is 18.7 Å². The largest absolute Gasteiger partial charge is 0.493 e. The van der Waals surface area contributed by atoms with E-state index in [1.54, 1.807) is 18.2 Å². The number of nitrogens with zero attached hydrogens (tertiary/aromatic N) is 2. The summed E-state index contributed by atoms with van der Waals surface area (Å²) in [5.74, 6) is 2.64. The van der Waals surface area contributed by atoms with E-state index in [0.717, 1.165) is 0 Å². The van der Waals surface area contributed by atoms with Crippen LogP contribution in [0.3, 0.4) is 0 Å². The number of aromatic nitrogens is 2. The molecule has 9 heteroatoms. The molecule has 0 aliphatic heterocycles. The van der Waals surface area contributed by atoms with Gasteiger partial charge < -0.3 is 29.2 Å². The van der Waals surface area contributed by atoms with Crippen LogP contribution >= 0.6 is 0 Å². The molecule has 9 nitrogen and oxygen atoms in total. The molecule has 1 amide bonds. The molecule has 0 saturated carbocycles. The Morgan fingerprint density at radius 3 is 2.52 bits per heavy atom. The van der Waals surface area contributed by atoms with Crippen molar-refractivity contribution in [3.05, 3.63) is 29.9 Å². The molecule has 0 saturated heterocycles. The SMILES string of the molecule is COc1cccc(OC)c1OCC(O)CNC(=O)CCCc1nc(C(C)C)no1. The number of aryl methyl sites for hydroxylation is 1. The van der Waals surface area contributed by atoms with Gasteiger partial charge in [-0.2, -0.15) is 4.98 Å². The molecule has 0 bridgehead atoms. The first-order chi connectivity index (χ1) is 13.9. The fourth-order valence-corrected chi connectivity index (χ4v) is 2.52. The van der Waals surface area contributed by atoms with Gasteiger partial charge in [-0.1, -0.05) is 25.1 Å². The van der Waals surface area contributed by atoms with E-state index in [1.807, 2.05) is 13.8 Å². The van der Waals surface area contributed by atoms with Gasteiger partial charge in [0.1, 0.15) is 12.7 Å². The number of benzene rings is 1. The van der Waals surface area contributed by atoms with Gasteiger partial charge in [0.25, 0.3) is 0 Å². The van der Waals surface area contributed by atoms with Crippen LogP contribution in [0.25, 0.3) is 0 Å². The van der Waals surface area contributed by atoms with Crippen molar-refractivity contribution in [1.29, 1.82) is 0 Å². The van der Waals surface area contributed by atoms with Crippen molar-refractivity contribution < 1.29 is 28.6 Å². The van der Waals surface area contributed by atoms with E-state index in [1.165, 1.54) is 14.2 Å². The quantitative estimate of drug-likeness (QED) is 0.549. The van der Waals surface area contributed by atoms with Crippen molar-refractivity contribution in [1.82, 2.24) is 15.5 Å². The summed E-state index contributed by atoms with van der Waals surface area (Å²) in [5.41, 5.74) is 0. The monoisotopic (exact) mass is 407 g/mol. The van der Waals surface area contributed by atoms with Crippen LogP contribution in [-0.4, -0.2) is 54.6 Å². The first kappa shape index (κ1) is 22.5. The number of aliphatic hydroxyl groups is 1. The molecule has 2 N–H and O–H groups in total. The number of aliphatic hydroxyl groups excluding tert-OH is 1. The number of amides is 1. The zero-order valence-electron chi connectivity index (χ0n) is 17.3. The number of ether oxygens (including phenoxy) is 3. The predicted octanol–water partition coefficient (Wildman–Crippen LogP) is 2.09. The van der Waals surface area contributed by atoms with Crippen LogP contribution in [0.1, 0.15) is 44.3 Å². The summed E-state index contributed by atoms with van der Waals surface area (Å²) in [6.45, 7) is 4.04. The van der Waals surface area contributed by atoms with Gasteiger partial charge in [-0.25, -0.2) is 0 Å². The summed E-state index contributed by atoms with van der Waals surface area (Å²) >= 11 is 0. The maximum Gasteiger partial charge on any atom is 0.226 e. The molecule has 2 rings (SSSR count). The lowest BCUT2D eigenvalue weighted by atomic mass is 10.2. The fraction of sp³-hybridized carbons (Fsp3) is 0.550. The highest BCUT2D eigenvalue weighted by molar-refractivity contribution is 5.75. The third kappa shape index (κ3) is 6.94. The molecular weight excluding hydrogens is 378 g/mol. The topological polar surface area (TPSA) is 116 Å². The zero-order chi connectivity index (χ0) is 21.2. The van der Waals surface area contributed by atoms with Crippen molar-refractivity contribution in [3.63, 3.8) is 0 Å². The van der Waals surface area contributed by atoms with E-state index in [9.17, 15) is 9.90 Å². The van der Waals surface area contributed by atoms with Crippen molar-refractivity contribution >= 4 is 5.91 Å². The number of hydrogen-bond donors (Lipinski definition) is 2. The summed E-state index contributed by atoms with van der Waals surface area (Å²) in [4.78, 5) is 16.2. The van der Waals surface area contributed by atoms with Crippen LogP contribution in [0.5, 0.6) is 17.2 Å². The average Bonchev–Trinajstić information content (AvgIpc) is 3.19. The second-order valence-corrected chi connectivity index (χ2v) is 6.82. The molecule has 0 radical (unpaired) electrons. The summed E-state index contributed by atoms with van der Waals surface area (Å²) in [7, 11) is 3.05. The van der Waals surface area contributed by atoms with Gasteiger partial charge in [0.2, 0.25) is 17.5 Å². The van der Waals surface area contributed by atoms with Crippen LogP contribution in [0.4, 0.5) is 0 Å². The molecule has 1 unspecified atom stereocenters. The molecule has 2 aromatic rings. The molecule has 0 aliphatic carbocycles. The first-order valence-electron chi connectivity index (χ1n) is 9.55. The van der Waals surface area contributed by atoms with Crippen molar-refractivity contribution in [2.45, 2.75) is 45.1 Å². The minimum Gasteiger partial charge on any atom is -0.493 e. The van der Waals surface area contributed by atoms with E-state index >= 15 is 0 Å². The van der Waals surface area contributed by atoms with Gasteiger partial charge in [0.15, 0.2) is 17.3 Å². The first-order valence-corrected chi connectivity index (χ1v) is 9.55. The highest BCUT2D eigenvalue weighted by Crippen LogP contribution is 2.36. The Morgan fingerprint density at radius 2 is 1.93 bits per heavy atom. The van der Waals surface area contributed by atoms with Crippen LogP contribution in [0.2, 0.25) is 0 Å². The second kappa shape index (κ2) is 11.3. The smallest absolute Gasteiger partial charge is 0.226 e. The average molecular weight is 407 g/mol. The Hall–Kier alpha value is -2.81. The second-order valence-electron chi connectivity index (χ2n) is 6.82. The number of carbonyl (C=O) groups excluding carboxylic acids is 1. The Morgan fingerprint density at radius 1 is 1.24 bits per heavy atom. The molecule has 160 valence electrons. The minimum absolute atomic E-state index is 0.0169. The Bertz CT molecular complexity index is 755. The molecule has 0 aliphatic rings. The van der Waals surface area contributed by atoms with Crippen LogP contribution in [0, 0.1) is 0 Å². The van der Waals surface area contributed by atoms with E-state index < -0.39 is 6.10 Å². The number of methoxy groups -OCH3 is 2. The number of rotatable bonds is 12. The Labute approximate surface area is 170 Å². The van der Waals surface area contributed by atoms with Crippen molar-refractivity contribution in [2.75, 3.05) is 27.4 Å². The normalized spacial score (nSPS) is 11.9. The molecule has 1 aromatic carbocycles. The maximum absolute atomic E-state index is 12.0. The van der Waals surface area contributed by atoms with Crippen LogP contribution in [-0.2, 0) is 11.2 Å². The third-order valence-corrected chi connectivity index (χ3v) is 4.13. The molecule has 0 fully saturated rings. The number of para-hydroxylation sites is 1. The van der Waals surface area contributed by atoms with Gasteiger partial charge in [-0.05, 0) is 18.6 Å². The molecule has 1 heterocycles. The number of carbonyl (C=O) groups is 1. The summed E-state index contributed by atoms with van der Waals surface area (Å²) < 4.78 is 21.3. The summed E-state index contributed by atoms with van der Waals surface area (Å²) in [6.07, 6.45) is 0.536. The van der Waals surface area contributed by atoms with Gasteiger partial charge in [-0.15, -0.1) is 0 Å². The lowest BCUT2D eigenvalue weighted by Gasteiger charge is -2.17. The fourth-order valence-electron chi connectivity index (χ4n) is 2.52. The van der Waals surface area contributed by atoms with E-state index in [0.29, 0.717) is 48.2 Å². The Balaban J connectivity index is 1.69. The standard InChI is InChI=1S/C20H29N3O6/c1-13(2)20-22-18(29-23-20)10-6-9-17(25)21-11-14(24)12-28-19-15(26-3)7-5-8-16(19)27-4/h5,7-8,13-14,24H,6,9-12H2,1-4H3,(H,21,25). The number of hydrogen-bond acceptors (Lipinski definition) is 8. The number of nitrogens with one attached hydrogen (secondary N) is 1. The zero-order valence-corrected chi connectivity index (χ0v) is 17.3. The lowest BCUT2D eigenvalue weighted by molar-refractivity contribution is -0.121. The minimum atomic E-state index is -0.877. The Kier molecular flexibility index (Phi) is 8.72. The van der Waals surface area contributed by atoms with Gasteiger partial charge in [-0.3, -0.25) is 4.79 Å². The van der Waals surface area contributed by atoms with Gasteiger partial charge in [0.05, 0.1) is 14.2 Å². The molecular formula is C20H29N3O6. The third-order valence-electron chi connectivity index (χ3n) is 4.13. The highest BCUT2D eigenvalue weighted by Gasteiger charge is 2.15. The molecule has 0 spiro atoms. The summed E-state index contributed by atoms with van der Waals surface area (Å²) in [6, 6.07) is 5.25. The molecule has 1 aromatic heterocycles. The van der Waals surface area contributed by atoms with E-state index in [2.05, 4.69) is 15.5 Å². The van der Waals surface area contributed by atoms with Crippen molar-refractivity contribution in [3.8, 4) is 17.2 Å². The highest BCUT2D eigenvalue weighted by atomic mass is 16.5. The van der Waals surface area contributed by atoms with Crippen LogP contribution in [0.15, 0.2) is 22.7 Å². The lowest BCUT2D eigenvalue weighted by Crippen LogP contribution is -2.35. The predicted molar refractivity (Wildman–Crippen MR) is 105 cm³/mol. The summed E-state index contributed by atoms with van der Waals surface area (Å²) in [5, 5.41) is 16.7. The van der Waals surface area contributed by atoms with E-state index in [-0.39, 0.29) is 25.0 Å².